The van der Waals surface area contributed by atoms with Crippen molar-refractivity contribution in [2.24, 2.45) is 5.73 Å². The monoisotopic (exact) mass is 311 g/mol. The van der Waals surface area contributed by atoms with Crippen molar-refractivity contribution in [3.63, 3.8) is 0 Å². The number of rotatable bonds is 3. The maximum atomic E-state index is 14.0. The number of hydrogen-bond donors (Lipinski definition) is 2. The molecule has 114 valence electrons. The molecule has 0 aliphatic carbocycles. The second-order valence-corrected chi connectivity index (χ2v) is 6.42. The van der Waals surface area contributed by atoms with Crippen molar-refractivity contribution in [2.75, 3.05) is 19.6 Å². The zero-order valence-electron chi connectivity index (χ0n) is 11.6. The van der Waals surface area contributed by atoms with Crippen LogP contribution in [0.15, 0.2) is 23.1 Å². The van der Waals surface area contributed by atoms with E-state index in [4.69, 9.17) is 5.73 Å². The predicted octanol–water partition coefficient (Wildman–Crippen LogP) is 0.815. The van der Waals surface area contributed by atoms with Gasteiger partial charge in [-0.1, -0.05) is 18.3 Å². The topological polar surface area (TPSA) is 75.4 Å². The van der Waals surface area contributed by atoms with Gasteiger partial charge in [0.05, 0.1) is 6.54 Å². The van der Waals surface area contributed by atoms with Crippen LogP contribution in [0.3, 0.4) is 0 Å². The van der Waals surface area contributed by atoms with E-state index in [-0.39, 0.29) is 11.4 Å². The van der Waals surface area contributed by atoms with Crippen molar-refractivity contribution in [1.82, 2.24) is 9.84 Å². The smallest absolute Gasteiger partial charge is 0.256 e. The molecule has 0 radical (unpaired) electrons. The van der Waals surface area contributed by atoms with Crippen LogP contribution in [0.2, 0.25) is 0 Å². The van der Waals surface area contributed by atoms with E-state index in [1.165, 1.54) is 12.1 Å². The highest BCUT2D eigenvalue weighted by molar-refractivity contribution is 7.89. The van der Waals surface area contributed by atoms with E-state index in [0.717, 1.165) is 25.3 Å². The molecule has 0 amide bonds. The van der Waals surface area contributed by atoms with Crippen molar-refractivity contribution in [1.29, 1.82) is 0 Å². The molecule has 0 spiro atoms. The first kappa shape index (κ1) is 15.9. The summed E-state index contributed by atoms with van der Waals surface area (Å²) in [4.78, 5) is 2.06. The first-order valence-corrected chi connectivity index (χ1v) is 8.27. The van der Waals surface area contributed by atoms with E-state index >= 15 is 0 Å². The summed E-state index contributed by atoms with van der Waals surface area (Å²) >= 11 is 0. The van der Waals surface area contributed by atoms with Crippen LogP contribution in [-0.4, -0.2) is 33.1 Å². The normalized spacial score (nSPS) is 16.3. The number of nitrogens with one attached hydrogen (secondary N) is 1. The maximum Gasteiger partial charge on any atom is 0.256 e. The molecular weight excluding hydrogens is 293 g/mol. The molecule has 1 fully saturated rings. The lowest BCUT2D eigenvalue weighted by Crippen LogP contribution is -2.45. The van der Waals surface area contributed by atoms with Crippen LogP contribution in [0.4, 0.5) is 4.39 Å². The summed E-state index contributed by atoms with van der Waals surface area (Å²) in [5, 5.41) is 1.61. The fourth-order valence-corrected chi connectivity index (χ4v) is 3.34. The van der Waals surface area contributed by atoms with Gasteiger partial charge in [0.2, 0.25) is 0 Å². The summed E-state index contributed by atoms with van der Waals surface area (Å²) < 4.78 is 38.4. The second-order valence-electron chi connectivity index (χ2n) is 4.79. The van der Waals surface area contributed by atoms with Gasteiger partial charge in [-0.15, -0.1) is 4.83 Å². The molecule has 1 aromatic carbocycles. The Morgan fingerprint density at radius 1 is 1.29 bits per heavy atom. The van der Waals surface area contributed by atoms with E-state index < -0.39 is 15.8 Å². The highest BCUT2D eigenvalue weighted by Gasteiger charge is 2.23. The van der Waals surface area contributed by atoms with Crippen molar-refractivity contribution < 1.29 is 12.8 Å². The largest absolute Gasteiger partial charge is 0.320 e. The van der Waals surface area contributed by atoms with Gasteiger partial charge in [0, 0.05) is 18.7 Å². The molecule has 1 aliphatic rings. The van der Waals surface area contributed by atoms with E-state index in [1.807, 2.05) is 0 Å². The van der Waals surface area contributed by atoms with Crippen LogP contribution in [-0.2, 0) is 10.0 Å². The summed E-state index contributed by atoms with van der Waals surface area (Å²) in [6.45, 7) is 1.44. The minimum Gasteiger partial charge on any atom is -0.320 e. The van der Waals surface area contributed by atoms with Crippen LogP contribution in [0.1, 0.15) is 24.8 Å². The Hall–Kier alpha value is -1.46. The number of halogens is 1. The Balaban J connectivity index is 2.19. The molecule has 3 N–H and O–H groups in total. The van der Waals surface area contributed by atoms with E-state index in [1.54, 1.807) is 5.01 Å². The van der Waals surface area contributed by atoms with Gasteiger partial charge in [-0.05, 0) is 31.0 Å². The SMILES string of the molecule is NCC#Cc1ccc(S(=O)(=O)NN2CCCCC2)c(F)c1. The summed E-state index contributed by atoms with van der Waals surface area (Å²) in [6, 6.07) is 3.80. The van der Waals surface area contributed by atoms with Gasteiger partial charge in [0.25, 0.3) is 10.0 Å². The van der Waals surface area contributed by atoms with Crippen molar-refractivity contribution in [3.8, 4) is 11.8 Å². The fourth-order valence-electron chi connectivity index (χ4n) is 2.15. The van der Waals surface area contributed by atoms with Crippen molar-refractivity contribution >= 4 is 10.0 Å². The number of sulfonamides is 1. The fraction of sp³-hybridized carbons (Fsp3) is 0.429. The molecule has 1 aromatic rings. The van der Waals surface area contributed by atoms with Crippen LogP contribution in [0.5, 0.6) is 0 Å². The maximum absolute atomic E-state index is 14.0. The first-order valence-electron chi connectivity index (χ1n) is 6.79. The van der Waals surface area contributed by atoms with Gasteiger partial charge in [-0.3, -0.25) is 0 Å². The quantitative estimate of drug-likeness (QED) is 0.810. The number of hydrazine groups is 1. The molecule has 1 saturated heterocycles. The lowest BCUT2D eigenvalue weighted by Gasteiger charge is -2.26. The molecule has 0 unspecified atom stereocenters. The molecule has 5 nitrogen and oxygen atoms in total. The van der Waals surface area contributed by atoms with Gasteiger partial charge >= 0.3 is 0 Å². The highest BCUT2D eigenvalue weighted by Crippen LogP contribution is 2.17. The van der Waals surface area contributed by atoms with Crippen LogP contribution < -0.4 is 10.6 Å². The highest BCUT2D eigenvalue weighted by atomic mass is 32.2. The third kappa shape index (κ3) is 4.25. The molecule has 0 bridgehead atoms. The third-order valence-electron chi connectivity index (χ3n) is 3.16. The van der Waals surface area contributed by atoms with Gasteiger partial charge in [-0.25, -0.2) is 17.8 Å². The molecule has 7 heteroatoms. The molecule has 0 aromatic heterocycles. The zero-order valence-corrected chi connectivity index (χ0v) is 12.4. The van der Waals surface area contributed by atoms with Gasteiger partial charge in [0.15, 0.2) is 0 Å². The molecule has 21 heavy (non-hydrogen) atoms. The lowest BCUT2D eigenvalue weighted by atomic mass is 10.2. The zero-order chi connectivity index (χ0) is 15.3. The van der Waals surface area contributed by atoms with Gasteiger partial charge in [0.1, 0.15) is 10.7 Å². The standard InChI is InChI=1S/C14H18FN3O2S/c15-13-11-12(5-4-8-16)6-7-14(13)21(19,20)17-18-9-2-1-3-10-18/h6-7,11,17H,1-3,8-10,16H2. The van der Waals surface area contributed by atoms with Crippen LogP contribution >= 0.6 is 0 Å². The van der Waals surface area contributed by atoms with Crippen molar-refractivity contribution in [3.05, 3.63) is 29.6 Å². The summed E-state index contributed by atoms with van der Waals surface area (Å²) in [5.74, 6) is 4.44. The number of hydrogen-bond acceptors (Lipinski definition) is 4. The average Bonchev–Trinajstić information content (AvgIpc) is 2.45. The molecule has 1 heterocycles. The summed E-state index contributed by atoms with van der Waals surface area (Å²) in [5.41, 5.74) is 5.64. The minimum atomic E-state index is -3.90. The Morgan fingerprint density at radius 2 is 2.00 bits per heavy atom. The summed E-state index contributed by atoms with van der Waals surface area (Å²) in [7, 11) is -3.90. The third-order valence-corrected chi connectivity index (χ3v) is 4.57. The van der Waals surface area contributed by atoms with E-state index in [0.29, 0.717) is 18.7 Å². The van der Waals surface area contributed by atoms with E-state index in [9.17, 15) is 12.8 Å². The average molecular weight is 311 g/mol. The number of benzene rings is 1. The number of nitrogens with two attached hydrogens (primary N) is 1. The molecule has 2 rings (SSSR count). The molecule has 0 saturated carbocycles. The number of piperidine rings is 1. The van der Waals surface area contributed by atoms with E-state index in [2.05, 4.69) is 16.7 Å². The number of nitrogens with zero attached hydrogens (tertiary/aromatic N) is 1. The Labute approximate surface area is 124 Å². The lowest BCUT2D eigenvalue weighted by molar-refractivity contribution is 0.199. The Morgan fingerprint density at radius 3 is 2.62 bits per heavy atom. The molecule has 1 aliphatic heterocycles. The van der Waals surface area contributed by atoms with Crippen molar-refractivity contribution in [2.45, 2.75) is 24.2 Å². The Kier molecular flexibility index (Phi) is 5.31. The predicted molar refractivity (Wildman–Crippen MR) is 78.1 cm³/mol. The Bertz CT molecular complexity index is 659. The summed E-state index contributed by atoms with van der Waals surface area (Å²) in [6.07, 6.45) is 2.94. The molecular formula is C14H18FN3O2S. The van der Waals surface area contributed by atoms with Crippen LogP contribution in [0.25, 0.3) is 0 Å². The minimum absolute atomic E-state index is 0.165. The molecule has 0 atom stereocenters. The van der Waals surface area contributed by atoms with Gasteiger partial charge in [-0.2, -0.15) is 0 Å². The second kappa shape index (κ2) is 7.00. The van der Waals surface area contributed by atoms with Crippen LogP contribution in [0, 0.1) is 17.7 Å². The first-order chi connectivity index (χ1) is 10.0. The van der Waals surface area contributed by atoms with Gasteiger partial charge < -0.3 is 5.73 Å².